The van der Waals surface area contributed by atoms with Crippen molar-refractivity contribution in [2.45, 2.75) is 38.5 Å². The second-order valence-electron chi connectivity index (χ2n) is 6.77. The first-order valence-electron chi connectivity index (χ1n) is 9.59. The van der Waals surface area contributed by atoms with Gasteiger partial charge < -0.3 is 5.32 Å². The van der Waals surface area contributed by atoms with Crippen molar-refractivity contribution in [1.29, 1.82) is 0 Å². The van der Waals surface area contributed by atoms with Crippen molar-refractivity contribution in [3.05, 3.63) is 53.6 Å². The number of aromatic nitrogens is 1. The van der Waals surface area contributed by atoms with E-state index in [0.717, 1.165) is 21.3 Å². The van der Waals surface area contributed by atoms with Crippen LogP contribution < -0.4 is 5.32 Å². The highest BCUT2D eigenvalue weighted by atomic mass is 32.2. The van der Waals surface area contributed by atoms with Crippen molar-refractivity contribution < 1.29 is 13.2 Å². The summed E-state index contributed by atoms with van der Waals surface area (Å²) in [5.41, 5.74) is 2.95. The van der Waals surface area contributed by atoms with Crippen LogP contribution in [0, 0.1) is 6.92 Å². The van der Waals surface area contributed by atoms with Crippen molar-refractivity contribution in [2.24, 2.45) is 0 Å². The molecule has 6 nitrogen and oxygen atoms in total. The van der Waals surface area contributed by atoms with Crippen LogP contribution in [0.3, 0.4) is 0 Å². The van der Waals surface area contributed by atoms with Crippen LogP contribution >= 0.6 is 11.3 Å². The summed E-state index contributed by atoms with van der Waals surface area (Å²) in [6.45, 7) is 6.54. The van der Waals surface area contributed by atoms with Gasteiger partial charge in [0.15, 0.2) is 5.13 Å². The number of rotatable bonds is 8. The van der Waals surface area contributed by atoms with Crippen molar-refractivity contribution in [3.63, 3.8) is 0 Å². The fourth-order valence-electron chi connectivity index (χ4n) is 3.07. The Morgan fingerprint density at radius 1 is 1.10 bits per heavy atom. The van der Waals surface area contributed by atoms with Gasteiger partial charge in [-0.1, -0.05) is 43.4 Å². The summed E-state index contributed by atoms with van der Waals surface area (Å²) in [4.78, 5) is 17.0. The average Bonchev–Trinajstić information content (AvgIpc) is 3.08. The molecule has 0 atom stereocenters. The molecular formula is C21H25N3O3S2. The molecule has 0 fully saturated rings. The number of sulfonamides is 1. The summed E-state index contributed by atoms with van der Waals surface area (Å²) in [5, 5.41) is 3.45. The number of aryl methyl sites for hydroxylation is 2. The Balaban J connectivity index is 1.60. The molecule has 0 aliphatic rings. The number of thiazole rings is 1. The predicted molar refractivity (Wildman–Crippen MR) is 118 cm³/mol. The molecule has 0 unspecified atom stereocenters. The molecule has 0 bridgehead atoms. The lowest BCUT2D eigenvalue weighted by molar-refractivity contribution is -0.116. The fraction of sp³-hybridized carbons (Fsp3) is 0.333. The number of hydrogen-bond donors (Lipinski definition) is 1. The lowest BCUT2D eigenvalue weighted by Gasteiger charge is -2.18. The number of carbonyl (C=O) groups is 1. The first-order chi connectivity index (χ1) is 13.8. The molecule has 0 saturated carbocycles. The number of nitrogens with one attached hydrogen (secondary N) is 1. The normalized spacial score (nSPS) is 11.9. The number of anilines is 1. The number of nitrogens with zero attached hydrogens (tertiary/aromatic N) is 2. The Labute approximate surface area is 175 Å². The molecule has 0 aliphatic carbocycles. The van der Waals surface area contributed by atoms with E-state index in [1.165, 1.54) is 15.6 Å². The minimum Gasteiger partial charge on any atom is -0.302 e. The topological polar surface area (TPSA) is 79.4 Å². The second-order valence-corrected chi connectivity index (χ2v) is 9.74. The lowest BCUT2D eigenvalue weighted by atomic mass is 10.1. The molecule has 3 rings (SSSR count). The van der Waals surface area contributed by atoms with E-state index in [9.17, 15) is 13.2 Å². The molecule has 3 aromatic rings. The van der Waals surface area contributed by atoms with E-state index in [4.69, 9.17) is 0 Å². The van der Waals surface area contributed by atoms with E-state index >= 15 is 0 Å². The molecule has 1 aromatic heterocycles. The van der Waals surface area contributed by atoms with Crippen molar-refractivity contribution in [1.82, 2.24) is 9.29 Å². The minimum atomic E-state index is -3.46. The highest BCUT2D eigenvalue weighted by molar-refractivity contribution is 7.89. The Morgan fingerprint density at radius 2 is 1.79 bits per heavy atom. The maximum absolute atomic E-state index is 12.5. The van der Waals surface area contributed by atoms with E-state index in [1.807, 2.05) is 32.9 Å². The molecule has 29 heavy (non-hydrogen) atoms. The highest BCUT2D eigenvalue weighted by Gasteiger charge is 2.21. The molecule has 154 valence electrons. The fourth-order valence-corrected chi connectivity index (χ4v) is 5.50. The third-order valence-electron chi connectivity index (χ3n) is 4.70. The van der Waals surface area contributed by atoms with Gasteiger partial charge in [-0.05, 0) is 48.7 Å². The standard InChI is InChI=1S/C21H25N3O3S2/c1-4-24(5-2)29(26,27)17-10-7-16(8-11-17)9-13-20(25)23-21-22-18-12-6-15(3)14-19(18)28-21/h6-8,10-12,14H,4-5,9,13H2,1-3H3,(H,22,23,25). The molecule has 0 saturated heterocycles. The van der Waals surface area contributed by atoms with Gasteiger partial charge in [-0.15, -0.1) is 0 Å². The van der Waals surface area contributed by atoms with Gasteiger partial charge in [0.25, 0.3) is 0 Å². The van der Waals surface area contributed by atoms with E-state index in [1.54, 1.807) is 24.3 Å². The molecule has 0 aliphatic heterocycles. The number of carbonyl (C=O) groups excluding carboxylic acids is 1. The quantitative estimate of drug-likeness (QED) is 0.579. The highest BCUT2D eigenvalue weighted by Crippen LogP contribution is 2.26. The van der Waals surface area contributed by atoms with Gasteiger partial charge >= 0.3 is 0 Å². The zero-order valence-electron chi connectivity index (χ0n) is 16.8. The molecule has 0 spiro atoms. The van der Waals surface area contributed by atoms with Crippen LogP contribution in [-0.2, 0) is 21.2 Å². The number of hydrogen-bond acceptors (Lipinski definition) is 5. The van der Waals surface area contributed by atoms with Crippen molar-refractivity contribution >= 4 is 42.6 Å². The molecule has 0 radical (unpaired) electrons. The number of benzene rings is 2. The summed E-state index contributed by atoms with van der Waals surface area (Å²) in [6.07, 6.45) is 0.832. The monoisotopic (exact) mass is 431 g/mol. The average molecular weight is 432 g/mol. The summed E-state index contributed by atoms with van der Waals surface area (Å²) in [5.74, 6) is -0.111. The van der Waals surface area contributed by atoms with E-state index < -0.39 is 10.0 Å². The van der Waals surface area contributed by atoms with Gasteiger partial charge in [-0.25, -0.2) is 13.4 Å². The molecule has 8 heteroatoms. The molecule has 1 heterocycles. The predicted octanol–water partition coefficient (Wildman–Crippen LogP) is 4.21. The summed E-state index contributed by atoms with van der Waals surface area (Å²) >= 11 is 1.46. The number of amides is 1. The van der Waals surface area contributed by atoms with Gasteiger partial charge in [-0.2, -0.15) is 4.31 Å². The Hall–Kier alpha value is -2.29. The summed E-state index contributed by atoms with van der Waals surface area (Å²) in [7, 11) is -3.46. The first-order valence-corrected chi connectivity index (χ1v) is 11.8. The van der Waals surface area contributed by atoms with Crippen LogP contribution in [0.1, 0.15) is 31.4 Å². The minimum absolute atomic E-state index is 0.111. The van der Waals surface area contributed by atoms with Crippen LogP contribution in [0.4, 0.5) is 5.13 Å². The van der Waals surface area contributed by atoms with Crippen LogP contribution in [-0.4, -0.2) is 36.7 Å². The van der Waals surface area contributed by atoms with Crippen LogP contribution in [0.25, 0.3) is 10.2 Å². The first kappa shape index (κ1) is 21.4. The van der Waals surface area contributed by atoms with Crippen LogP contribution in [0.2, 0.25) is 0 Å². The Kier molecular flexibility index (Phi) is 6.66. The SMILES string of the molecule is CCN(CC)S(=O)(=O)c1ccc(CCC(=O)Nc2nc3ccc(C)cc3s2)cc1. The smallest absolute Gasteiger partial charge is 0.243 e. The third kappa shape index (κ3) is 5.01. The van der Waals surface area contributed by atoms with E-state index in [0.29, 0.717) is 31.1 Å². The van der Waals surface area contributed by atoms with Gasteiger partial charge in [-0.3, -0.25) is 4.79 Å². The van der Waals surface area contributed by atoms with E-state index in [2.05, 4.69) is 16.4 Å². The van der Waals surface area contributed by atoms with Crippen LogP contribution in [0.5, 0.6) is 0 Å². The maximum atomic E-state index is 12.5. The lowest BCUT2D eigenvalue weighted by Crippen LogP contribution is -2.30. The summed E-state index contributed by atoms with van der Waals surface area (Å²) < 4.78 is 27.5. The Bertz CT molecular complexity index is 1100. The Morgan fingerprint density at radius 3 is 2.45 bits per heavy atom. The van der Waals surface area contributed by atoms with Gasteiger partial charge in [0.2, 0.25) is 15.9 Å². The zero-order chi connectivity index (χ0) is 21.0. The van der Waals surface area contributed by atoms with Crippen molar-refractivity contribution in [2.75, 3.05) is 18.4 Å². The van der Waals surface area contributed by atoms with Gasteiger partial charge in [0.1, 0.15) is 0 Å². The maximum Gasteiger partial charge on any atom is 0.243 e. The van der Waals surface area contributed by atoms with Crippen molar-refractivity contribution in [3.8, 4) is 0 Å². The summed E-state index contributed by atoms with van der Waals surface area (Å²) in [6, 6.07) is 12.8. The molecular weight excluding hydrogens is 406 g/mol. The third-order valence-corrected chi connectivity index (χ3v) is 7.70. The van der Waals surface area contributed by atoms with Crippen LogP contribution in [0.15, 0.2) is 47.4 Å². The number of fused-ring (bicyclic) bond motifs is 1. The zero-order valence-corrected chi connectivity index (χ0v) is 18.4. The van der Waals surface area contributed by atoms with E-state index in [-0.39, 0.29) is 10.8 Å². The van der Waals surface area contributed by atoms with Gasteiger partial charge in [0, 0.05) is 19.5 Å². The molecule has 1 amide bonds. The van der Waals surface area contributed by atoms with Gasteiger partial charge in [0.05, 0.1) is 15.1 Å². The second kappa shape index (κ2) is 9.02. The largest absolute Gasteiger partial charge is 0.302 e. The molecule has 1 N–H and O–H groups in total. The molecule has 2 aromatic carbocycles.